The molecule has 0 N–H and O–H groups in total. The van der Waals surface area contributed by atoms with Crippen molar-refractivity contribution >= 4 is 0 Å². The molecule has 16 heavy (non-hydrogen) atoms. The zero-order chi connectivity index (χ0) is 11.6. The maximum atomic E-state index is 5.86. The molecule has 0 radical (unpaired) electrons. The molecule has 0 aliphatic carbocycles. The molecule has 3 aliphatic heterocycles. The lowest BCUT2D eigenvalue weighted by Gasteiger charge is -2.29. The summed E-state index contributed by atoms with van der Waals surface area (Å²) in [5.41, 5.74) is 0. The van der Waals surface area contributed by atoms with Gasteiger partial charge in [0.2, 0.25) is 5.79 Å². The highest BCUT2D eigenvalue weighted by Gasteiger charge is 2.64. The largest absolute Gasteiger partial charge is 0.345 e. The van der Waals surface area contributed by atoms with Gasteiger partial charge in [0, 0.05) is 0 Å². The molecule has 3 heterocycles. The van der Waals surface area contributed by atoms with Crippen LogP contribution in [0, 0.1) is 0 Å². The summed E-state index contributed by atoms with van der Waals surface area (Å²) in [6.07, 6.45) is -0.267. The van der Waals surface area contributed by atoms with Crippen molar-refractivity contribution in [2.45, 2.75) is 57.3 Å². The first-order chi connectivity index (χ1) is 7.32. The Bertz CT molecular complexity index is 311. The number of ether oxygens (including phenoxy) is 5. The second-order valence-corrected chi connectivity index (χ2v) is 5.51. The van der Waals surface area contributed by atoms with E-state index in [9.17, 15) is 0 Å². The second kappa shape index (κ2) is 2.97. The molecule has 92 valence electrons. The van der Waals surface area contributed by atoms with E-state index < -0.39 is 17.4 Å². The normalized spacial score (nSPS) is 48.8. The van der Waals surface area contributed by atoms with E-state index >= 15 is 0 Å². The number of rotatable bonds is 0. The second-order valence-electron chi connectivity index (χ2n) is 5.51. The summed E-state index contributed by atoms with van der Waals surface area (Å²) in [5.74, 6) is -1.98. The Morgan fingerprint density at radius 1 is 0.938 bits per heavy atom. The molecule has 5 heteroatoms. The third-order valence-corrected chi connectivity index (χ3v) is 3.15. The van der Waals surface area contributed by atoms with E-state index in [0.717, 1.165) is 0 Å². The highest BCUT2D eigenvalue weighted by molar-refractivity contribution is 5.01. The van der Waals surface area contributed by atoms with Gasteiger partial charge >= 0.3 is 0 Å². The lowest BCUT2D eigenvalue weighted by Crippen LogP contribution is -2.46. The van der Waals surface area contributed by atoms with Crippen LogP contribution in [0.4, 0.5) is 0 Å². The van der Waals surface area contributed by atoms with Crippen LogP contribution in [0.25, 0.3) is 0 Å². The van der Waals surface area contributed by atoms with E-state index in [1.54, 1.807) is 0 Å². The molecule has 0 aromatic rings. The fourth-order valence-electron chi connectivity index (χ4n) is 2.60. The first-order valence-electron chi connectivity index (χ1n) is 5.66. The fraction of sp³-hybridized carbons (Fsp3) is 1.00. The van der Waals surface area contributed by atoms with Gasteiger partial charge < -0.3 is 23.7 Å². The van der Waals surface area contributed by atoms with Gasteiger partial charge in [-0.1, -0.05) is 0 Å². The van der Waals surface area contributed by atoms with E-state index in [0.29, 0.717) is 13.2 Å². The zero-order valence-corrected chi connectivity index (χ0v) is 10.1. The van der Waals surface area contributed by atoms with Crippen LogP contribution in [0.3, 0.4) is 0 Å². The van der Waals surface area contributed by atoms with E-state index in [2.05, 4.69) is 0 Å². The molecule has 0 saturated carbocycles. The van der Waals surface area contributed by atoms with Gasteiger partial charge in [-0.2, -0.15) is 0 Å². The SMILES string of the molecule is CC1(C)O[C@@H]2[C@@H](CO[C@@]23COC(C)(C)O3)O1. The third kappa shape index (κ3) is 1.50. The van der Waals surface area contributed by atoms with Crippen LogP contribution in [0.15, 0.2) is 0 Å². The lowest BCUT2D eigenvalue weighted by atomic mass is 10.1. The van der Waals surface area contributed by atoms with Crippen molar-refractivity contribution in [3.63, 3.8) is 0 Å². The van der Waals surface area contributed by atoms with Crippen molar-refractivity contribution in [2.24, 2.45) is 0 Å². The van der Waals surface area contributed by atoms with Gasteiger partial charge in [0.25, 0.3) is 0 Å². The topological polar surface area (TPSA) is 46.2 Å². The summed E-state index contributed by atoms with van der Waals surface area (Å²) >= 11 is 0. The standard InChI is InChI=1S/C11H18O5/c1-9(2)13-6-11(16-9)8-7(5-12-11)14-10(3,4)15-8/h7-8H,5-6H2,1-4H3/t7-,8-,11-/m1/s1. The molecule has 3 aliphatic rings. The van der Waals surface area contributed by atoms with E-state index in [1.165, 1.54) is 0 Å². The van der Waals surface area contributed by atoms with Crippen LogP contribution >= 0.6 is 0 Å². The van der Waals surface area contributed by atoms with Crippen LogP contribution in [0.1, 0.15) is 27.7 Å². The minimum atomic E-state index is -0.790. The maximum Gasteiger partial charge on any atom is 0.224 e. The summed E-state index contributed by atoms with van der Waals surface area (Å²) in [7, 11) is 0. The van der Waals surface area contributed by atoms with Gasteiger partial charge in [0.1, 0.15) is 18.8 Å². The van der Waals surface area contributed by atoms with Gasteiger partial charge in [0.15, 0.2) is 11.6 Å². The average molecular weight is 230 g/mol. The van der Waals surface area contributed by atoms with E-state index in [1.807, 2.05) is 27.7 Å². The quantitative estimate of drug-likeness (QED) is 0.621. The van der Waals surface area contributed by atoms with Crippen LogP contribution in [-0.2, 0) is 23.7 Å². The molecule has 0 amide bonds. The molecule has 3 fully saturated rings. The van der Waals surface area contributed by atoms with Crippen molar-refractivity contribution in [2.75, 3.05) is 13.2 Å². The first kappa shape index (κ1) is 10.9. The molecule has 5 nitrogen and oxygen atoms in total. The van der Waals surface area contributed by atoms with Crippen molar-refractivity contribution < 1.29 is 23.7 Å². The van der Waals surface area contributed by atoms with Crippen LogP contribution in [0.2, 0.25) is 0 Å². The monoisotopic (exact) mass is 230 g/mol. The molecular weight excluding hydrogens is 212 g/mol. The Labute approximate surface area is 94.9 Å². The first-order valence-corrected chi connectivity index (χ1v) is 5.66. The van der Waals surface area contributed by atoms with Crippen molar-refractivity contribution in [1.82, 2.24) is 0 Å². The fourth-order valence-corrected chi connectivity index (χ4v) is 2.60. The molecule has 1 spiro atoms. The molecule has 0 aromatic heterocycles. The highest BCUT2D eigenvalue weighted by atomic mass is 16.9. The zero-order valence-electron chi connectivity index (χ0n) is 10.1. The molecule has 3 rings (SSSR count). The van der Waals surface area contributed by atoms with Gasteiger partial charge in [-0.3, -0.25) is 0 Å². The van der Waals surface area contributed by atoms with Crippen LogP contribution < -0.4 is 0 Å². The minimum Gasteiger partial charge on any atom is -0.345 e. The average Bonchev–Trinajstić information content (AvgIpc) is 2.69. The van der Waals surface area contributed by atoms with Crippen molar-refractivity contribution in [3.05, 3.63) is 0 Å². The van der Waals surface area contributed by atoms with Gasteiger partial charge in [-0.15, -0.1) is 0 Å². The minimum absolute atomic E-state index is 0.0625. The molecule has 0 bridgehead atoms. The predicted octanol–water partition coefficient (Wildman–Crippen LogP) is 1.02. The Balaban J connectivity index is 1.84. The van der Waals surface area contributed by atoms with E-state index in [-0.39, 0.29) is 12.2 Å². The Morgan fingerprint density at radius 3 is 2.31 bits per heavy atom. The molecule has 0 unspecified atom stereocenters. The van der Waals surface area contributed by atoms with Crippen LogP contribution in [-0.4, -0.2) is 42.8 Å². The molecule has 3 saturated heterocycles. The van der Waals surface area contributed by atoms with Crippen LogP contribution in [0.5, 0.6) is 0 Å². The molecule has 3 atom stereocenters. The lowest BCUT2D eigenvalue weighted by molar-refractivity contribution is -0.284. The Kier molecular flexibility index (Phi) is 2.03. The van der Waals surface area contributed by atoms with E-state index in [4.69, 9.17) is 23.7 Å². The summed E-state index contributed by atoms with van der Waals surface area (Å²) in [6.45, 7) is 8.44. The molecular formula is C11H18O5. The number of hydrogen-bond acceptors (Lipinski definition) is 5. The summed E-state index contributed by atoms with van der Waals surface area (Å²) in [5, 5.41) is 0. The van der Waals surface area contributed by atoms with Gasteiger partial charge in [-0.05, 0) is 27.7 Å². The maximum absolute atomic E-state index is 5.86. The smallest absolute Gasteiger partial charge is 0.224 e. The Morgan fingerprint density at radius 2 is 1.69 bits per heavy atom. The Hall–Kier alpha value is -0.200. The predicted molar refractivity (Wildman–Crippen MR) is 53.6 cm³/mol. The third-order valence-electron chi connectivity index (χ3n) is 3.15. The summed E-state index contributed by atoms with van der Waals surface area (Å²) in [4.78, 5) is 0. The highest BCUT2D eigenvalue weighted by Crippen LogP contribution is 2.46. The van der Waals surface area contributed by atoms with Gasteiger partial charge in [-0.25, -0.2) is 0 Å². The summed E-state index contributed by atoms with van der Waals surface area (Å²) < 4.78 is 28.7. The number of hydrogen-bond donors (Lipinski definition) is 0. The summed E-state index contributed by atoms with van der Waals surface area (Å²) in [6, 6.07) is 0. The van der Waals surface area contributed by atoms with Crippen molar-refractivity contribution in [3.8, 4) is 0 Å². The van der Waals surface area contributed by atoms with Crippen molar-refractivity contribution in [1.29, 1.82) is 0 Å². The van der Waals surface area contributed by atoms with Gasteiger partial charge in [0.05, 0.1) is 6.61 Å². The molecule has 0 aromatic carbocycles. The number of fused-ring (bicyclic) bond motifs is 2.